The van der Waals surface area contributed by atoms with Crippen LogP contribution in [0.15, 0.2) is 24.3 Å². The number of para-hydroxylation sites is 1. The first-order chi connectivity index (χ1) is 7.40. The minimum absolute atomic E-state index is 0.303. The first-order valence-electron chi connectivity index (χ1n) is 5.25. The van der Waals surface area contributed by atoms with Crippen LogP contribution in [0.5, 0.6) is 0 Å². The summed E-state index contributed by atoms with van der Waals surface area (Å²) in [6.07, 6.45) is 2.56. The molecular formula is C12H14N2O. The lowest BCUT2D eigenvalue weighted by molar-refractivity contribution is 0.120. The molecule has 3 heteroatoms. The van der Waals surface area contributed by atoms with Gasteiger partial charge in [-0.05, 0) is 25.0 Å². The number of nitriles is 1. The molecule has 2 rings (SSSR count). The molecule has 0 spiro atoms. The number of hydrogen-bond acceptors (Lipinski definition) is 3. The van der Waals surface area contributed by atoms with E-state index in [2.05, 4.69) is 11.4 Å². The van der Waals surface area contributed by atoms with Crippen LogP contribution < -0.4 is 5.32 Å². The van der Waals surface area contributed by atoms with E-state index in [1.165, 1.54) is 0 Å². The summed E-state index contributed by atoms with van der Waals surface area (Å²) in [6, 6.07) is 9.71. The molecule has 1 aliphatic rings. The fourth-order valence-electron chi connectivity index (χ4n) is 1.76. The van der Waals surface area contributed by atoms with Gasteiger partial charge in [0.2, 0.25) is 0 Å². The van der Waals surface area contributed by atoms with Crippen molar-refractivity contribution in [3.05, 3.63) is 29.8 Å². The molecule has 1 aromatic carbocycles. The Balaban J connectivity index is 1.95. The fraction of sp³-hybridized carbons (Fsp3) is 0.417. The van der Waals surface area contributed by atoms with Crippen LogP contribution in [0, 0.1) is 11.3 Å². The topological polar surface area (TPSA) is 45.0 Å². The minimum Gasteiger partial charge on any atom is -0.381 e. The maximum atomic E-state index is 8.89. The summed E-state index contributed by atoms with van der Waals surface area (Å²) in [5.41, 5.74) is 1.59. The number of nitrogens with one attached hydrogen (secondary N) is 1. The molecule has 1 unspecified atom stereocenters. The molecule has 1 aliphatic heterocycles. The van der Waals surface area contributed by atoms with Gasteiger partial charge in [0.15, 0.2) is 0 Å². The van der Waals surface area contributed by atoms with Gasteiger partial charge in [-0.3, -0.25) is 0 Å². The molecule has 1 saturated heterocycles. The second-order valence-electron chi connectivity index (χ2n) is 3.67. The van der Waals surface area contributed by atoms with Crippen molar-refractivity contribution in [1.82, 2.24) is 0 Å². The number of anilines is 1. The second kappa shape index (κ2) is 4.81. The van der Waals surface area contributed by atoms with E-state index in [9.17, 15) is 0 Å². The molecule has 0 aromatic heterocycles. The van der Waals surface area contributed by atoms with Crippen LogP contribution in [0.1, 0.15) is 18.4 Å². The molecule has 0 bridgehead atoms. The van der Waals surface area contributed by atoms with E-state index in [4.69, 9.17) is 10.00 Å². The van der Waals surface area contributed by atoms with Gasteiger partial charge in [-0.15, -0.1) is 0 Å². The van der Waals surface area contributed by atoms with Crippen LogP contribution in [0.4, 0.5) is 5.69 Å². The highest BCUT2D eigenvalue weighted by Gasteiger charge is 2.15. The molecule has 1 fully saturated rings. The van der Waals surface area contributed by atoms with E-state index in [1.54, 1.807) is 0 Å². The molecule has 0 amide bonds. The van der Waals surface area contributed by atoms with E-state index in [0.29, 0.717) is 11.7 Å². The van der Waals surface area contributed by atoms with Gasteiger partial charge in [-0.1, -0.05) is 12.1 Å². The van der Waals surface area contributed by atoms with Crippen LogP contribution >= 0.6 is 0 Å². The number of nitrogens with zero attached hydrogens (tertiary/aromatic N) is 1. The maximum Gasteiger partial charge on any atom is 0.101 e. The van der Waals surface area contributed by atoms with E-state index < -0.39 is 0 Å². The summed E-state index contributed by atoms with van der Waals surface area (Å²) in [6.45, 7) is 1.66. The minimum atomic E-state index is 0.303. The predicted octanol–water partition coefficient (Wildman–Crippen LogP) is 2.15. The van der Waals surface area contributed by atoms with Crippen molar-refractivity contribution in [1.29, 1.82) is 5.26 Å². The van der Waals surface area contributed by atoms with Gasteiger partial charge in [-0.2, -0.15) is 5.26 Å². The Kier molecular flexibility index (Phi) is 3.21. The van der Waals surface area contributed by atoms with Crippen molar-refractivity contribution in [2.24, 2.45) is 0 Å². The summed E-state index contributed by atoms with van der Waals surface area (Å²) < 4.78 is 5.50. The molecule has 78 valence electrons. The third-order valence-corrected chi connectivity index (χ3v) is 2.59. The quantitative estimate of drug-likeness (QED) is 0.816. The standard InChI is InChI=1S/C12H14N2O/c13-8-10-4-1-2-6-12(10)14-9-11-5-3-7-15-11/h1-2,4,6,11,14H,3,5,7,9H2. The number of benzene rings is 1. The van der Waals surface area contributed by atoms with Crippen LogP contribution in [0.3, 0.4) is 0 Å². The Hall–Kier alpha value is -1.53. The van der Waals surface area contributed by atoms with Crippen molar-refractivity contribution >= 4 is 5.69 Å². The summed E-state index contributed by atoms with van der Waals surface area (Å²) in [5.74, 6) is 0. The Morgan fingerprint density at radius 1 is 1.47 bits per heavy atom. The van der Waals surface area contributed by atoms with Crippen LogP contribution in [-0.4, -0.2) is 19.3 Å². The highest BCUT2D eigenvalue weighted by atomic mass is 16.5. The van der Waals surface area contributed by atoms with Crippen molar-refractivity contribution in [3.63, 3.8) is 0 Å². The highest BCUT2D eigenvalue weighted by Crippen LogP contribution is 2.16. The normalized spacial score (nSPS) is 19.8. The van der Waals surface area contributed by atoms with Crippen molar-refractivity contribution in [3.8, 4) is 6.07 Å². The average Bonchev–Trinajstić information content (AvgIpc) is 2.79. The van der Waals surface area contributed by atoms with Gasteiger partial charge >= 0.3 is 0 Å². The van der Waals surface area contributed by atoms with Crippen molar-refractivity contribution in [2.75, 3.05) is 18.5 Å². The van der Waals surface area contributed by atoms with Gasteiger partial charge in [0.1, 0.15) is 6.07 Å². The highest BCUT2D eigenvalue weighted by molar-refractivity contribution is 5.57. The van der Waals surface area contributed by atoms with Gasteiger partial charge in [-0.25, -0.2) is 0 Å². The molecule has 1 atom stereocenters. The molecule has 1 heterocycles. The van der Waals surface area contributed by atoms with E-state index >= 15 is 0 Å². The zero-order chi connectivity index (χ0) is 10.5. The van der Waals surface area contributed by atoms with Gasteiger partial charge in [0.25, 0.3) is 0 Å². The predicted molar refractivity (Wildman–Crippen MR) is 58.6 cm³/mol. The summed E-state index contributed by atoms with van der Waals surface area (Å²) in [5, 5.41) is 12.1. The lowest BCUT2D eigenvalue weighted by Gasteiger charge is -2.12. The van der Waals surface area contributed by atoms with E-state index in [-0.39, 0.29) is 0 Å². The van der Waals surface area contributed by atoms with Gasteiger partial charge in [0.05, 0.1) is 17.4 Å². The van der Waals surface area contributed by atoms with Gasteiger partial charge in [0, 0.05) is 13.2 Å². The zero-order valence-corrected chi connectivity index (χ0v) is 8.57. The number of rotatable bonds is 3. The smallest absolute Gasteiger partial charge is 0.101 e. The Labute approximate surface area is 89.7 Å². The Morgan fingerprint density at radius 2 is 2.33 bits per heavy atom. The summed E-state index contributed by atoms with van der Waals surface area (Å²) >= 11 is 0. The van der Waals surface area contributed by atoms with Crippen LogP contribution in [0.25, 0.3) is 0 Å². The lowest BCUT2D eigenvalue weighted by Crippen LogP contribution is -2.18. The maximum absolute atomic E-state index is 8.89. The van der Waals surface area contributed by atoms with E-state index in [1.807, 2.05) is 24.3 Å². The summed E-state index contributed by atoms with van der Waals surface area (Å²) in [7, 11) is 0. The van der Waals surface area contributed by atoms with Gasteiger partial charge < -0.3 is 10.1 Å². The third-order valence-electron chi connectivity index (χ3n) is 2.59. The largest absolute Gasteiger partial charge is 0.381 e. The first-order valence-corrected chi connectivity index (χ1v) is 5.25. The zero-order valence-electron chi connectivity index (χ0n) is 8.57. The molecule has 0 aliphatic carbocycles. The third kappa shape index (κ3) is 2.48. The van der Waals surface area contributed by atoms with Crippen molar-refractivity contribution < 1.29 is 4.74 Å². The molecule has 1 N–H and O–H groups in total. The van der Waals surface area contributed by atoms with Crippen LogP contribution in [-0.2, 0) is 4.74 Å². The second-order valence-corrected chi connectivity index (χ2v) is 3.67. The monoisotopic (exact) mass is 202 g/mol. The molecule has 1 aromatic rings. The van der Waals surface area contributed by atoms with Crippen molar-refractivity contribution in [2.45, 2.75) is 18.9 Å². The Bertz CT molecular complexity index is 364. The Morgan fingerprint density at radius 3 is 3.07 bits per heavy atom. The fourth-order valence-corrected chi connectivity index (χ4v) is 1.76. The molecule has 0 radical (unpaired) electrons. The SMILES string of the molecule is N#Cc1ccccc1NCC1CCCO1. The molecule has 0 saturated carbocycles. The van der Waals surface area contributed by atoms with E-state index in [0.717, 1.165) is 31.7 Å². The summed E-state index contributed by atoms with van der Waals surface area (Å²) in [4.78, 5) is 0. The number of hydrogen-bond donors (Lipinski definition) is 1. The molecular weight excluding hydrogens is 188 g/mol. The van der Waals surface area contributed by atoms with Crippen LogP contribution in [0.2, 0.25) is 0 Å². The average molecular weight is 202 g/mol. The number of ether oxygens (including phenoxy) is 1. The first kappa shape index (κ1) is 10.0. The lowest BCUT2D eigenvalue weighted by atomic mass is 10.2. The molecule has 15 heavy (non-hydrogen) atoms. The molecule has 3 nitrogen and oxygen atoms in total.